The van der Waals surface area contributed by atoms with Crippen LogP contribution >= 0.6 is 0 Å². The quantitative estimate of drug-likeness (QED) is 0.724. The van der Waals surface area contributed by atoms with Crippen molar-refractivity contribution in [3.05, 3.63) is 30.1 Å². The molecule has 14 heavy (non-hydrogen) atoms. The molecule has 0 fully saturated rings. The summed E-state index contributed by atoms with van der Waals surface area (Å²) >= 11 is 0. The Morgan fingerprint density at radius 3 is 1.86 bits per heavy atom. The van der Waals surface area contributed by atoms with Crippen LogP contribution < -0.4 is 0 Å². The van der Waals surface area contributed by atoms with Crippen LogP contribution in [0.15, 0.2) is 24.5 Å². The van der Waals surface area contributed by atoms with E-state index in [1.54, 1.807) is 19.5 Å². The highest BCUT2D eigenvalue weighted by atomic mass is 16.5. The molecular weight excluding hydrogens is 174 g/mol. The van der Waals surface area contributed by atoms with Crippen molar-refractivity contribution in [2.75, 3.05) is 13.7 Å². The average molecular weight is 197 g/mol. The maximum atomic E-state index is 4.69. The van der Waals surface area contributed by atoms with Crippen LogP contribution in [0.25, 0.3) is 0 Å². The Labute approximate surface area is 88.3 Å². The summed E-state index contributed by atoms with van der Waals surface area (Å²) in [5.41, 5.74) is 1.26. The Balaban J connectivity index is 0. The van der Waals surface area contributed by atoms with Gasteiger partial charge in [0, 0.05) is 26.1 Å². The molecule has 1 aromatic heterocycles. The molecule has 2 heteroatoms. The van der Waals surface area contributed by atoms with E-state index in [1.165, 1.54) is 5.56 Å². The highest BCUT2D eigenvalue weighted by Gasteiger charge is 1.73. The summed E-state index contributed by atoms with van der Waals surface area (Å²) in [6, 6.07) is 3.94. The molecule has 0 saturated heterocycles. The Kier molecular flexibility index (Phi) is 16.3. The van der Waals surface area contributed by atoms with Gasteiger partial charge in [-0.15, -0.1) is 0 Å². The third kappa shape index (κ3) is 13.7. The summed E-state index contributed by atoms with van der Waals surface area (Å²) < 4.78 is 4.69. The molecule has 0 aromatic carbocycles. The van der Waals surface area contributed by atoms with Gasteiger partial charge < -0.3 is 4.74 Å². The van der Waals surface area contributed by atoms with Gasteiger partial charge in [-0.3, -0.25) is 4.98 Å². The normalized spacial score (nSPS) is 7.79. The molecule has 0 spiro atoms. The molecule has 0 amide bonds. The van der Waals surface area contributed by atoms with E-state index in [4.69, 9.17) is 4.74 Å². The van der Waals surface area contributed by atoms with E-state index >= 15 is 0 Å². The minimum atomic E-state index is 0.889. The summed E-state index contributed by atoms with van der Waals surface area (Å²) in [5.74, 6) is 0. The van der Waals surface area contributed by atoms with Crippen LogP contribution in [-0.4, -0.2) is 18.7 Å². The monoisotopic (exact) mass is 197 g/mol. The zero-order chi connectivity index (χ0) is 11.2. The summed E-state index contributed by atoms with van der Waals surface area (Å²) in [4.78, 5) is 3.85. The SMILES string of the molecule is CC.CCCOC.Cc1ccncc1. The van der Waals surface area contributed by atoms with Gasteiger partial charge in [-0.25, -0.2) is 0 Å². The second-order valence-corrected chi connectivity index (χ2v) is 2.52. The molecule has 1 heterocycles. The first-order chi connectivity index (χ1) is 6.81. The van der Waals surface area contributed by atoms with Crippen molar-refractivity contribution in [1.82, 2.24) is 4.98 Å². The van der Waals surface area contributed by atoms with E-state index in [9.17, 15) is 0 Å². The van der Waals surface area contributed by atoms with Crippen LogP contribution in [0.4, 0.5) is 0 Å². The first-order valence-electron chi connectivity index (χ1n) is 5.16. The Bertz CT molecular complexity index is 173. The molecular formula is C12H23NO. The number of nitrogens with zero attached hydrogens (tertiary/aromatic N) is 1. The molecule has 0 aliphatic rings. The van der Waals surface area contributed by atoms with Crippen molar-refractivity contribution in [2.45, 2.75) is 34.1 Å². The Morgan fingerprint density at radius 1 is 1.21 bits per heavy atom. The number of methoxy groups -OCH3 is 1. The van der Waals surface area contributed by atoms with Crippen molar-refractivity contribution >= 4 is 0 Å². The third-order valence-corrected chi connectivity index (χ3v) is 1.26. The summed E-state index contributed by atoms with van der Waals surface area (Å²) in [5, 5.41) is 0. The largest absolute Gasteiger partial charge is 0.385 e. The lowest BCUT2D eigenvalue weighted by Crippen LogP contribution is -1.80. The van der Waals surface area contributed by atoms with E-state index in [1.807, 2.05) is 32.9 Å². The van der Waals surface area contributed by atoms with Gasteiger partial charge in [0.15, 0.2) is 0 Å². The van der Waals surface area contributed by atoms with Gasteiger partial charge in [-0.05, 0) is 31.0 Å². The average Bonchev–Trinajstić information content (AvgIpc) is 2.24. The number of hydrogen-bond donors (Lipinski definition) is 0. The van der Waals surface area contributed by atoms with Crippen molar-refractivity contribution in [1.29, 1.82) is 0 Å². The molecule has 1 rings (SSSR count). The molecule has 0 N–H and O–H groups in total. The van der Waals surface area contributed by atoms with Gasteiger partial charge in [0.1, 0.15) is 0 Å². The second-order valence-electron chi connectivity index (χ2n) is 2.52. The van der Waals surface area contributed by atoms with Gasteiger partial charge >= 0.3 is 0 Å². The van der Waals surface area contributed by atoms with Gasteiger partial charge in [0.05, 0.1) is 0 Å². The number of rotatable bonds is 2. The zero-order valence-electron chi connectivity index (χ0n) is 10.1. The van der Waals surface area contributed by atoms with Crippen molar-refractivity contribution in [3.63, 3.8) is 0 Å². The van der Waals surface area contributed by atoms with Crippen LogP contribution in [0, 0.1) is 6.92 Å². The molecule has 1 aromatic rings. The van der Waals surface area contributed by atoms with Crippen molar-refractivity contribution < 1.29 is 4.74 Å². The lowest BCUT2D eigenvalue weighted by molar-refractivity contribution is 0.199. The van der Waals surface area contributed by atoms with E-state index in [-0.39, 0.29) is 0 Å². The van der Waals surface area contributed by atoms with E-state index in [0.717, 1.165) is 13.0 Å². The fraction of sp³-hybridized carbons (Fsp3) is 0.583. The number of pyridine rings is 1. The molecule has 2 nitrogen and oxygen atoms in total. The zero-order valence-corrected chi connectivity index (χ0v) is 10.1. The van der Waals surface area contributed by atoms with Crippen LogP contribution in [0.2, 0.25) is 0 Å². The third-order valence-electron chi connectivity index (χ3n) is 1.26. The van der Waals surface area contributed by atoms with E-state index in [2.05, 4.69) is 11.9 Å². The highest BCUT2D eigenvalue weighted by Crippen LogP contribution is 1.88. The second kappa shape index (κ2) is 14.6. The summed E-state index contributed by atoms with van der Waals surface area (Å²) in [6.07, 6.45) is 4.70. The van der Waals surface area contributed by atoms with Gasteiger partial charge in [-0.2, -0.15) is 0 Å². The Hall–Kier alpha value is -0.890. The summed E-state index contributed by atoms with van der Waals surface area (Å²) in [6.45, 7) is 9.02. The minimum Gasteiger partial charge on any atom is -0.385 e. The van der Waals surface area contributed by atoms with Crippen LogP contribution in [0.5, 0.6) is 0 Å². The predicted molar refractivity (Wildman–Crippen MR) is 62.5 cm³/mol. The molecule has 0 aliphatic carbocycles. The first kappa shape index (κ1) is 15.6. The predicted octanol–water partition coefficient (Wildman–Crippen LogP) is 3.46. The van der Waals surface area contributed by atoms with Crippen molar-refractivity contribution in [3.8, 4) is 0 Å². The van der Waals surface area contributed by atoms with E-state index < -0.39 is 0 Å². The molecule has 0 radical (unpaired) electrons. The van der Waals surface area contributed by atoms with Gasteiger partial charge in [-0.1, -0.05) is 20.8 Å². The van der Waals surface area contributed by atoms with Crippen molar-refractivity contribution in [2.24, 2.45) is 0 Å². The molecule has 82 valence electrons. The molecule has 0 unspecified atom stereocenters. The first-order valence-corrected chi connectivity index (χ1v) is 5.16. The van der Waals surface area contributed by atoms with Gasteiger partial charge in [0.25, 0.3) is 0 Å². The highest BCUT2D eigenvalue weighted by molar-refractivity contribution is 5.05. The number of aryl methyl sites for hydroxylation is 1. The summed E-state index contributed by atoms with van der Waals surface area (Å²) in [7, 11) is 1.71. The molecule has 0 aliphatic heterocycles. The topological polar surface area (TPSA) is 22.1 Å². The van der Waals surface area contributed by atoms with Crippen LogP contribution in [0.3, 0.4) is 0 Å². The van der Waals surface area contributed by atoms with Crippen LogP contribution in [-0.2, 0) is 4.74 Å². The molecule has 0 atom stereocenters. The fourth-order valence-electron chi connectivity index (χ4n) is 0.631. The molecule has 0 bridgehead atoms. The lowest BCUT2D eigenvalue weighted by Gasteiger charge is -1.84. The molecule has 0 saturated carbocycles. The Morgan fingerprint density at radius 2 is 1.71 bits per heavy atom. The standard InChI is InChI=1S/C6H7N.C4H10O.C2H6/c1-6-2-4-7-5-3-6;1-3-4-5-2;1-2/h2-5H,1H3;3-4H2,1-2H3;1-2H3. The number of ether oxygens (including phenoxy) is 1. The minimum absolute atomic E-state index is 0.889. The van der Waals surface area contributed by atoms with Gasteiger partial charge in [0.2, 0.25) is 0 Å². The van der Waals surface area contributed by atoms with Crippen LogP contribution in [0.1, 0.15) is 32.8 Å². The fourth-order valence-corrected chi connectivity index (χ4v) is 0.631. The maximum absolute atomic E-state index is 4.69. The maximum Gasteiger partial charge on any atom is 0.0459 e. The van der Waals surface area contributed by atoms with E-state index in [0.29, 0.717) is 0 Å². The lowest BCUT2D eigenvalue weighted by atomic mass is 10.3. The number of hydrogen-bond acceptors (Lipinski definition) is 2. The number of aromatic nitrogens is 1. The smallest absolute Gasteiger partial charge is 0.0459 e.